The fourth-order valence-corrected chi connectivity index (χ4v) is 6.20. The van der Waals surface area contributed by atoms with Gasteiger partial charge in [-0.3, -0.25) is 4.90 Å². The van der Waals surface area contributed by atoms with Gasteiger partial charge in [0.05, 0.1) is 24.6 Å². The first kappa shape index (κ1) is 24.5. The zero-order valence-corrected chi connectivity index (χ0v) is 21.4. The highest BCUT2D eigenvalue weighted by atomic mass is 32.1. The normalized spacial score (nSPS) is 23.8. The number of rotatable bonds is 10. The molecule has 1 aliphatic carbocycles. The van der Waals surface area contributed by atoms with Gasteiger partial charge in [-0.05, 0) is 66.4 Å². The summed E-state index contributed by atoms with van der Waals surface area (Å²) in [5.41, 5.74) is 1.12. The highest BCUT2D eigenvalue weighted by Gasteiger charge is 2.56. The Hall–Kier alpha value is -2.16. The van der Waals surface area contributed by atoms with Crippen molar-refractivity contribution in [2.45, 2.75) is 32.6 Å². The molecule has 1 aromatic carbocycles. The van der Waals surface area contributed by atoms with Crippen molar-refractivity contribution in [1.82, 2.24) is 4.90 Å². The van der Waals surface area contributed by atoms with Crippen LogP contribution in [-0.2, 0) is 4.74 Å². The second-order valence-corrected chi connectivity index (χ2v) is 10.9. The van der Waals surface area contributed by atoms with E-state index in [0.29, 0.717) is 67.0 Å². The molecular weight excluding hydrogens is 465 g/mol. The molecule has 35 heavy (non-hydrogen) atoms. The fraction of sp³-hybridized carbons (Fsp3) is 0.593. The number of halogens is 1. The van der Waals surface area contributed by atoms with E-state index in [2.05, 4.69) is 11.8 Å². The van der Waals surface area contributed by atoms with Gasteiger partial charge in [0.2, 0.25) is 0 Å². The van der Waals surface area contributed by atoms with E-state index in [4.69, 9.17) is 9.47 Å². The van der Waals surface area contributed by atoms with Gasteiger partial charge in [0, 0.05) is 32.7 Å². The van der Waals surface area contributed by atoms with Gasteiger partial charge in [0.1, 0.15) is 5.82 Å². The first-order valence-corrected chi connectivity index (χ1v) is 13.9. The van der Waals surface area contributed by atoms with Gasteiger partial charge < -0.3 is 19.3 Å². The Labute approximate surface area is 211 Å². The number of carbonyl (C=O) groups is 1. The SMILES string of the molecule is CCCCCCN1CC2C(C1)C2CN(C(=O)Oc1cccs1)c1ccc(N2CCOCC2)c(F)c1. The lowest BCUT2D eigenvalue weighted by molar-refractivity contribution is 0.122. The summed E-state index contributed by atoms with van der Waals surface area (Å²) >= 11 is 1.38. The summed E-state index contributed by atoms with van der Waals surface area (Å²) in [7, 11) is 0. The molecule has 8 heteroatoms. The van der Waals surface area contributed by atoms with Crippen molar-refractivity contribution >= 4 is 28.8 Å². The molecule has 1 amide bonds. The lowest BCUT2D eigenvalue weighted by Gasteiger charge is -2.30. The molecule has 2 unspecified atom stereocenters. The number of morpholine rings is 1. The van der Waals surface area contributed by atoms with Crippen LogP contribution in [0.25, 0.3) is 0 Å². The Morgan fingerprint density at radius 3 is 2.66 bits per heavy atom. The van der Waals surface area contributed by atoms with Gasteiger partial charge in [-0.2, -0.15) is 0 Å². The second-order valence-electron chi connectivity index (χ2n) is 9.96. The number of hydrogen-bond acceptors (Lipinski definition) is 6. The highest BCUT2D eigenvalue weighted by Crippen LogP contribution is 2.52. The van der Waals surface area contributed by atoms with Crippen LogP contribution in [0.3, 0.4) is 0 Å². The molecule has 1 saturated carbocycles. The molecule has 5 rings (SSSR count). The van der Waals surface area contributed by atoms with Crippen molar-refractivity contribution in [1.29, 1.82) is 0 Å². The Morgan fingerprint density at radius 1 is 1.17 bits per heavy atom. The molecule has 190 valence electrons. The number of likely N-dealkylation sites (tertiary alicyclic amines) is 1. The maximum absolute atomic E-state index is 15.2. The second kappa shape index (κ2) is 11.3. The van der Waals surface area contributed by atoms with Crippen LogP contribution in [0.1, 0.15) is 32.6 Å². The molecule has 2 aliphatic heterocycles. The predicted molar refractivity (Wildman–Crippen MR) is 138 cm³/mol. The number of nitrogens with zero attached hydrogens (tertiary/aromatic N) is 3. The Bertz CT molecular complexity index is 970. The summed E-state index contributed by atoms with van der Waals surface area (Å²) in [5, 5.41) is 2.43. The Kier molecular flexibility index (Phi) is 7.90. The average Bonchev–Trinajstić information content (AvgIpc) is 3.23. The number of amides is 1. The van der Waals surface area contributed by atoms with Crippen LogP contribution >= 0.6 is 11.3 Å². The largest absolute Gasteiger partial charge is 0.420 e. The van der Waals surface area contributed by atoms with E-state index < -0.39 is 6.09 Å². The molecular formula is C27H36FN3O3S. The van der Waals surface area contributed by atoms with Crippen molar-refractivity contribution in [3.8, 4) is 5.06 Å². The average molecular weight is 502 g/mol. The zero-order valence-electron chi connectivity index (χ0n) is 20.5. The lowest BCUT2D eigenvalue weighted by atomic mass is 10.1. The molecule has 1 aromatic heterocycles. The van der Waals surface area contributed by atoms with Gasteiger partial charge in [-0.25, -0.2) is 9.18 Å². The third-order valence-electron chi connectivity index (χ3n) is 7.67. The van der Waals surface area contributed by atoms with Crippen molar-refractivity contribution in [2.75, 3.05) is 62.3 Å². The number of fused-ring (bicyclic) bond motifs is 1. The highest BCUT2D eigenvalue weighted by molar-refractivity contribution is 7.11. The predicted octanol–water partition coefficient (Wildman–Crippen LogP) is 5.49. The van der Waals surface area contributed by atoms with E-state index in [1.165, 1.54) is 49.6 Å². The van der Waals surface area contributed by atoms with Crippen LogP contribution < -0.4 is 14.5 Å². The summed E-state index contributed by atoms with van der Waals surface area (Å²) < 4.78 is 26.2. The van der Waals surface area contributed by atoms with Crippen molar-refractivity contribution < 1.29 is 18.7 Å². The van der Waals surface area contributed by atoms with Crippen molar-refractivity contribution in [3.63, 3.8) is 0 Å². The van der Waals surface area contributed by atoms with E-state index in [0.717, 1.165) is 13.1 Å². The van der Waals surface area contributed by atoms with Crippen molar-refractivity contribution in [2.24, 2.45) is 17.8 Å². The number of thiophene rings is 1. The molecule has 0 spiro atoms. The summed E-state index contributed by atoms with van der Waals surface area (Å²) in [5.74, 6) is 1.37. The molecule has 0 N–H and O–H groups in total. The van der Waals surface area contributed by atoms with Crippen molar-refractivity contribution in [3.05, 3.63) is 41.5 Å². The molecule has 0 radical (unpaired) electrons. The zero-order chi connectivity index (χ0) is 24.2. The minimum atomic E-state index is -0.438. The number of ether oxygens (including phenoxy) is 2. The smallest absolute Gasteiger partial charge is 0.399 e. The van der Waals surface area contributed by atoms with Gasteiger partial charge >= 0.3 is 6.09 Å². The molecule has 3 heterocycles. The van der Waals surface area contributed by atoms with Gasteiger partial charge in [0.25, 0.3) is 0 Å². The summed E-state index contributed by atoms with van der Waals surface area (Å²) in [6.45, 7) is 8.74. The van der Waals surface area contributed by atoms with E-state index >= 15 is 4.39 Å². The number of piperidine rings is 1. The molecule has 2 saturated heterocycles. The number of carbonyl (C=O) groups excluding carboxylic acids is 1. The Balaban J connectivity index is 1.25. The van der Waals surface area contributed by atoms with Gasteiger partial charge in [0.15, 0.2) is 5.06 Å². The molecule has 6 nitrogen and oxygen atoms in total. The molecule has 2 aromatic rings. The fourth-order valence-electron chi connectivity index (χ4n) is 5.64. The first-order valence-electron chi connectivity index (χ1n) is 13.0. The maximum atomic E-state index is 15.2. The van der Waals surface area contributed by atoms with Gasteiger partial charge in [-0.15, -0.1) is 11.3 Å². The summed E-state index contributed by atoms with van der Waals surface area (Å²) in [6.07, 6.45) is 4.71. The number of unbranched alkanes of at least 4 members (excludes halogenated alkanes) is 3. The van der Waals surface area contributed by atoms with Crippen LogP contribution in [0, 0.1) is 23.6 Å². The van der Waals surface area contributed by atoms with E-state index in [-0.39, 0.29) is 5.82 Å². The third-order valence-corrected chi connectivity index (χ3v) is 8.41. The standard InChI is InChI=1S/C27H36FN3O3S/c1-2-3-4-5-10-29-17-21-22(18-29)23(21)19-31(27(32)34-26-7-6-15-35-26)20-8-9-25(24(28)16-20)30-11-13-33-14-12-30/h6-9,15-16,21-23H,2-5,10-14,17-19H2,1H3. The summed E-state index contributed by atoms with van der Waals surface area (Å²) in [6, 6.07) is 8.76. The van der Waals surface area contributed by atoms with Crippen LogP contribution in [0.4, 0.5) is 20.6 Å². The van der Waals surface area contributed by atoms with E-state index in [9.17, 15) is 4.79 Å². The summed E-state index contributed by atoms with van der Waals surface area (Å²) in [4.78, 5) is 19.4. The minimum Gasteiger partial charge on any atom is -0.399 e. The molecule has 0 bridgehead atoms. The van der Waals surface area contributed by atoms with Crippen LogP contribution in [0.5, 0.6) is 5.06 Å². The monoisotopic (exact) mass is 501 g/mol. The van der Waals surface area contributed by atoms with Crippen LogP contribution in [-0.4, -0.2) is 63.5 Å². The third kappa shape index (κ3) is 5.81. The first-order chi connectivity index (χ1) is 17.1. The van der Waals surface area contributed by atoms with E-state index in [1.807, 2.05) is 22.4 Å². The maximum Gasteiger partial charge on any atom is 0.420 e. The van der Waals surface area contributed by atoms with Crippen LogP contribution in [0.15, 0.2) is 35.7 Å². The number of benzene rings is 1. The van der Waals surface area contributed by atoms with Gasteiger partial charge in [-0.1, -0.05) is 26.2 Å². The molecule has 3 aliphatic rings. The quantitative estimate of drug-likeness (QED) is 0.403. The Morgan fingerprint density at radius 2 is 1.97 bits per heavy atom. The molecule has 2 atom stereocenters. The molecule has 3 fully saturated rings. The number of anilines is 2. The minimum absolute atomic E-state index is 0.312. The number of hydrogen-bond donors (Lipinski definition) is 0. The lowest BCUT2D eigenvalue weighted by Crippen LogP contribution is -2.38. The topological polar surface area (TPSA) is 45.2 Å². The van der Waals surface area contributed by atoms with E-state index in [1.54, 1.807) is 17.0 Å². The van der Waals surface area contributed by atoms with Crippen LogP contribution in [0.2, 0.25) is 0 Å².